The van der Waals surface area contributed by atoms with Crippen LogP contribution in [-0.2, 0) is 14.3 Å². The average Bonchev–Trinajstić information content (AvgIpc) is 2.58. The molecule has 1 aromatic heterocycles. The van der Waals surface area contributed by atoms with Gasteiger partial charge in [0.15, 0.2) is 6.23 Å². The van der Waals surface area contributed by atoms with E-state index in [-0.39, 0.29) is 5.56 Å². The fraction of sp³-hybridized carbons (Fsp3) is 0.500. The van der Waals surface area contributed by atoms with Gasteiger partial charge in [-0.25, -0.2) is 9.55 Å². The number of nitrogens with zero attached hydrogens (tertiary/aromatic N) is 2. The summed E-state index contributed by atoms with van der Waals surface area (Å²) in [4.78, 5) is 26.7. The lowest BCUT2D eigenvalue weighted by Crippen LogP contribution is -2.32. The molecule has 0 fully saturated rings. The maximum absolute atomic E-state index is 11.7. The van der Waals surface area contributed by atoms with Crippen molar-refractivity contribution in [3.05, 3.63) is 22.6 Å². The summed E-state index contributed by atoms with van der Waals surface area (Å²) in [5, 5.41) is 2.88. The number of ether oxygens (including phenoxy) is 2. The van der Waals surface area contributed by atoms with Crippen molar-refractivity contribution in [2.24, 2.45) is 0 Å². The topological polar surface area (TPSA) is 82.4 Å². The average molecular weight is 239 g/mol. The maximum Gasteiger partial charge on any atom is 0.304 e. The van der Waals surface area contributed by atoms with Gasteiger partial charge in [0.25, 0.3) is 5.56 Å². The van der Waals surface area contributed by atoms with Gasteiger partial charge >= 0.3 is 5.97 Å². The second kappa shape index (κ2) is 4.54. The maximum atomic E-state index is 11.7. The number of aromatic nitrogens is 2. The van der Waals surface area contributed by atoms with Gasteiger partial charge in [0.1, 0.15) is 0 Å². The Balaban J connectivity index is 2.37. The standard InChI is InChI=1S/C10H13N3O4/c1-3-16-8-9(17-6(2)14)13-7(15)4-5-11-10(13)12-8/h4-5,8-9H,3H2,1-2H3,(H,11,12). The molecule has 2 rings (SSSR count). The number of fused-ring (bicyclic) bond motifs is 1. The van der Waals surface area contributed by atoms with Crippen LogP contribution in [0, 0.1) is 0 Å². The minimum Gasteiger partial charge on any atom is -0.436 e. The largest absolute Gasteiger partial charge is 0.436 e. The Morgan fingerprint density at radius 3 is 3.06 bits per heavy atom. The van der Waals surface area contributed by atoms with Crippen LogP contribution in [0.15, 0.2) is 17.1 Å². The van der Waals surface area contributed by atoms with Crippen LogP contribution >= 0.6 is 0 Å². The number of nitrogens with one attached hydrogen (secondary N) is 1. The summed E-state index contributed by atoms with van der Waals surface area (Å²) in [6.45, 7) is 3.52. The lowest BCUT2D eigenvalue weighted by Gasteiger charge is -2.19. The Hall–Kier alpha value is -1.89. The molecule has 0 spiro atoms. The molecule has 0 aromatic carbocycles. The summed E-state index contributed by atoms with van der Waals surface area (Å²) in [7, 11) is 0. The highest BCUT2D eigenvalue weighted by Crippen LogP contribution is 2.26. The number of hydrogen-bond acceptors (Lipinski definition) is 6. The highest BCUT2D eigenvalue weighted by Gasteiger charge is 2.36. The number of hydrogen-bond donors (Lipinski definition) is 1. The molecule has 0 amide bonds. The number of carbonyl (C=O) groups excluding carboxylic acids is 1. The van der Waals surface area contributed by atoms with Gasteiger partial charge in [0.2, 0.25) is 12.2 Å². The van der Waals surface area contributed by atoms with Gasteiger partial charge in [-0.05, 0) is 6.92 Å². The van der Waals surface area contributed by atoms with Crippen LogP contribution in [-0.4, -0.2) is 28.4 Å². The molecule has 0 saturated carbocycles. The van der Waals surface area contributed by atoms with Crippen molar-refractivity contribution in [2.75, 3.05) is 11.9 Å². The van der Waals surface area contributed by atoms with Gasteiger partial charge in [-0.3, -0.25) is 9.59 Å². The molecule has 0 radical (unpaired) electrons. The number of carbonyl (C=O) groups is 1. The third kappa shape index (κ3) is 2.14. The van der Waals surface area contributed by atoms with Crippen LogP contribution in [0.3, 0.4) is 0 Å². The van der Waals surface area contributed by atoms with Crippen LogP contribution in [0.2, 0.25) is 0 Å². The first-order valence-electron chi connectivity index (χ1n) is 5.26. The van der Waals surface area contributed by atoms with E-state index in [1.54, 1.807) is 0 Å². The van der Waals surface area contributed by atoms with Crippen molar-refractivity contribution in [1.29, 1.82) is 0 Å². The summed E-state index contributed by atoms with van der Waals surface area (Å²) in [6.07, 6.45) is -0.0181. The fourth-order valence-corrected chi connectivity index (χ4v) is 1.69. The molecule has 2 heterocycles. The Morgan fingerprint density at radius 2 is 2.41 bits per heavy atom. The summed E-state index contributed by atoms with van der Waals surface area (Å²) in [5.41, 5.74) is -0.295. The third-order valence-electron chi connectivity index (χ3n) is 2.30. The minimum atomic E-state index is -0.816. The fourth-order valence-electron chi connectivity index (χ4n) is 1.69. The zero-order valence-corrected chi connectivity index (χ0v) is 9.54. The highest BCUT2D eigenvalue weighted by atomic mass is 16.6. The molecule has 1 N–H and O–H groups in total. The van der Waals surface area contributed by atoms with Crippen molar-refractivity contribution in [2.45, 2.75) is 26.3 Å². The van der Waals surface area contributed by atoms with E-state index >= 15 is 0 Å². The molecule has 1 aromatic rings. The molecule has 1 aliphatic heterocycles. The smallest absolute Gasteiger partial charge is 0.304 e. The van der Waals surface area contributed by atoms with Gasteiger partial charge in [-0.1, -0.05) is 0 Å². The van der Waals surface area contributed by atoms with Crippen LogP contribution in [0.1, 0.15) is 20.1 Å². The molecule has 7 nitrogen and oxygen atoms in total. The van der Waals surface area contributed by atoms with Crippen molar-refractivity contribution in [1.82, 2.24) is 9.55 Å². The summed E-state index contributed by atoms with van der Waals surface area (Å²) in [5.74, 6) is -0.146. The highest BCUT2D eigenvalue weighted by molar-refractivity contribution is 5.66. The summed E-state index contributed by atoms with van der Waals surface area (Å²) >= 11 is 0. The van der Waals surface area contributed by atoms with Crippen molar-refractivity contribution >= 4 is 11.9 Å². The second-order valence-electron chi connectivity index (χ2n) is 3.50. The van der Waals surface area contributed by atoms with E-state index < -0.39 is 18.4 Å². The Labute approximate surface area is 97.4 Å². The summed E-state index contributed by atoms with van der Waals surface area (Å²) < 4.78 is 11.7. The van der Waals surface area contributed by atoms with Crippen molar-refractivity contribution in [3.8, 4) is 0 Å². The number of esters is 1. The zero-order valence-electron chi connectivity index (χ0n) is 9.54. The van der Waals surface area contributed by atoms with E-state index in [0.717, 1.165) is 0 Å². The lowest BCUT2D eigenvalue weighted by atomic mass is 10.5. The van der Waals surface area contributed by atoms with E-state index in [0.29, 0.717) is 12.6 Å². The zero-order chi connectivity index (χ0) is 12.4. The van der Waals surface area contributed by atoms with Crippen LogP contribution < -0.4 is 10.9 Å². The molecule has 2 unspecified atom stereocenters. The molecule has 7 heteroatoms. The van der Waals surface area contributed by atoms with E-state index in [9.17, 15) is 9.59 Å². The molecular weight excluding hydrogens is 226 g/mol. The molecule has 17 heavy (non-hydrogen) atoms. The van der Waals surface area contributed by atoms with E-state index in [1.807, 2.05) is 6.92 Å². The van der Waals surface area contributed by atoms with Crippen LogP contribution in [0.25, 0.3) is 0 Å². The van der Waals surface area contributed by atoms with Gasteiger partial charge in [-0.15, -0.1) is 0 Å². The molecule has 0 aliphatic carbocycles. The predicted octanol–water partition coefficient (Wildman–Crippen LogP) is 0.0931. The van der Waals surface area contributed by atoms with E-state index in [1.165, 1.54) is 23.8 Å². The molecule has 1 aliphatic rings. The van der Waals surface area contributed by atoms with E-state index in [4.69, 9.17) is 9.47 Å². The summed E-state index contributed by atoms with van der Waals surface area (Å²) in [6, 6.07) is 1.30. The monoisotopic (exact) mass is 239 g/mol. The van der Waals surface area contributed by atoms with Crippen molar-refractivity contribution < 1.29 is 14.3 Å². The molecular formula is C10H13N3O4. The molecule has 0 saturated heterocycles. The Kier molecular flexibility index (Phi) is 3.10. The Morgan fingerprint density at radius 1 is 1.65 bits per heavy atom. The quantitative estimate of drug-likeness (QED) is 0.753. The molecule has 92 valence electrons. The lowest BCUT2D eigenvalue weighted by molar-refractivity contribution is -0.159. The van der Waals surface area contributed by atoms with Crippen LogP contribution in [0.5, 0.6) is 0 Å². The molecule has 0 bridgehead atoms. The van der Waals surface area contributed by atoms with Gasteiger partial charge in [0.05, 0.1) is 0 Å². The SMILES string of the molecule is CCOC1Nc2nccc(=O)n2C1OC(C)=O. The van der Waals surface area contributed by atoms with E-state index in [2.05, 4.69) is 10.3 Å². The first-order chi connectivity index (χ1) is 8.13. The second-order valence-corrected chi connectivity index (χ2v) is 3.50. The number of anilines is 1. The van der Waals surface area contributed by atoms with Crippen molar-refractivity contribution in [3.63, 3.8) is 0 Å². The van der Waals surface area contributed by atoms with Gasteiger partial charge in [-0.2, -0.15) is 0 Å². The van der Waals surface area contributed by atoms with Gasteiger partial charge < -0.3 is 14.8 Å². The normalized spacial score (nSPS) is 21.8. The first kappa shape index (κ1) is 11.6. The first-order valence-corrected chi connectivity index (χ1v) is 5.26. The number of rotatable bonds is 3. The predicted molar refractivity (Wildman–Crippen MR) is 58.3 cm³/mol. The Bertz CT molecular complexity index is 485. The van der Waals surface area contributed by atoms with Crippen LogP contribution in [0.4, 0.5) is 5.95 Å². The third-order valence-corrected chi connectivity index (χ3v) is 2.30. The minimum absolute atomic E-state index is 0.295. The van der Waals surface area contributed by atoms with Gasteiger partial charge in [0, 0.05) is 25.8 Å². The molecule has 2 atom stereocenters.